The molecule has 0 saturated carbocycles. The Balaban J connectivity index is 2.96. The van der Waals surface area contributed by atoms with Crippen LogP contribution in [-0.2, 0) is 5.54 Å². The summed E-state index contributed by atoms with van der Waals surface area (Å²) in [6, 6.07) is 0. The van der Waals surface area contributed by atoms with Crippen LogP contribution in [0.25, 0.3) is 10.3 Å². The highest BCUT2D eigenvalue weighted by Gasteiger charge is 2.20. The lowest BCUT2D eigenvalue weighted by Gasteiger charge is -2.22. The van der Waals surface area contributed by atoms with Gasteiger partial charge in [-0.3, -0.25) is 4.57 Å². The van der Waals surface area contributed by atoms with Gasteiger partial charge >= 0.3 is 5.69 Å². The van der Waals surface area contributed by atoms with Crippen LogP contribution in [0.15, 0.2) is 10.3 Å². The van der Waals surface area contributed by atoms with Crippen LogP contribution >= 0.6 is 11.3 Å². The predicted molar refractivity (Wildman–Crippen MR) is 61.1 cm³/mol. The van der Waals surface area contributed by atoms with E-state index in [-0.39, 0.29) is 17.0 Å². The fourth-order valence-electron chi connectivity index (χ4n) is 1.46. The highest BCUT2D eigenvalue weighted by molar-refractivity contribution is 7.16. The van der Waals surface area contributed by atoms with Crippen molar-refractivity contribution >= 4 is 27.5 Å². The van der Waals surface area contributed by atoms with Crippen LogP contribution in [0.2, 0.25) is 0 Å². The summed E-state index contributed by atoms with van der Waals surface area (Å²) >= 11 is 1.40. The summed E-state index contributed by atoms with van der Waals surface area (Å²) in [5, 5.41) is 0. The highest BCUT2D eigenvalue weighted by Crippen LogP contribution is 2.24. The van der Waals surface area contributed by atoms with Crippen LogP contribution in [0.5, 0.6) is 0 Å². The van der Waals surface area contributed by atoms with E-state index < -0.39 is 0 Å². The molecule has 2 rings (SSSR count). The Bertz CT molecular complexity index is 563. The first kappa shape index (κ1) is 10.1. The van der Waals surface area contributed by atoms with Gasteiger partial charge in [-0.25, -0.2) is 9.78 Å². The SMILES string of the molecule is CC(C)(C)n1c(=O)nc(N)c2ncsc21. The van der Waals surface area contributed by atoms with Crippen molar-refractivity contribution in [3.63, 3.8) is 0 Å². The number of anilines is 1. The van der Waals surface area contributed by atoms with Crippen LogP contribution in [0.4, 0.5) is 5.82 Å². The van der Waals surface area contributed by atoms with E-state index in [1.54, 1.807) is 10.1 Å². The second-order valence-corrected chi connectivity index (χ2v) is 5.13. The summed E-state index contributed by atoms with van der Waals surface area (Å²) in [5.41, 5.74) is 7.27. The van der Waals surface area contributed by atoms with E-state index in [9.17, 15) is 4.79 Å². The molecule has 0 aliphatic heterocycles. The van der Waals surface area contributed by atoms with Crippen LogP contribution < -0.4 is 11.4 Å². The molecule has 0 bridgehead atoms. The molecule has 5 nitrogen and oxygen atoms in total. The van der Waals surface area contributed by atoms with Gasteiger partial charge in [0.25, 0.3) is 0 Å². The van der Waals surface area contributed by atoms with Crippen molar-refractivity contribution in [2.45, 2.75) is 26.3 Å². The lowest BCUT2D eigenvalue weighted by atomic mass is 10.1. The lowest BCUT2D eigenvalue weighted by molar-refractivity contribution is 0.394. The molecule has 0 aromatic carbocycles. The van der Waals surface area contributed by atoms with Crippen LogP contribution in [-0.4, -0.2) is 14.5 Å². The van der Waals surface area contributed by atoms with Crippen LogP contribution in [0.3, 0.4) is 0 Å². The number of aromatic nitrogens is 3. The van der Waals surface area contributed by atoms with Gasteiger partial charge in [0.2, 0.25) is 0 Å². The molecule has 0 aliphatic carbocycles. The molecule has 2 aromatic heterocycles. The largest absolute Gasteiger partial charge is 0.382 e. The van der Waals surface area contributed by atoms with E-state index in [1.807, 2.05) is 20.8 Å². The average Bonchev–Trinajstić information content (AvgIpc) is 2.49. The van der Waals surface area contributed by atoms with E-state index in [2.05, 4.69) is 9.97 Å². The van der Waals surface area contributed by atoms with Crippen molar-refractivity contribution < 1.29 is 0 Å². The molecule has 0 atom stereocenters. The number of fused-ring (bicyclic) bond motifs is 1. The van der Waals surface area contributed by atoms with Crippen molar-refractivity contribution in [3.8, 4) is 0 Å². The Kier molecular flexibility index (Phi) is 2.04. The maximum absolute atomic E-state index is 11.7. The quantitative estimate of drug-likeness (QED) is 0.729. The molecule has 0 radical (unpaired) electrons. The third-order valence-electron chi connectivity index (χ3n) is 2.07. The molecule has 0 saturated heterocycles. The zero-order valence-electron chi connectivity index (χ0n) is 8.81. The fraction of sp³-hybridized carbons (Fsp3) is 0.444. The average molecular weight is 224 g/mol. The highest BCUT2D eigenvalue weighted by atomic mass is 32.1. The standard InChI is InChI=1S/C9H12N4OS/c1-9(2,3)13-7-5(11-4-15-7)6(10)12-8(13)14/h4H,1-3H3,(H2,10,12,14). The molecule has 0 aliphatic rings. The fourth-order valence-corrected chi connectivity index (χ4v) is 2.44. The number of thiazole rings is 1. The van der Waals surface area contributed by atoms with Gasteiger partial charge in [0, 0.05) is 5.54 Å². The lowest BCUT2D eigenvalue weighted by Crippen LogP contribution is -2.35. The third kappa shape index (κ3) is 1.50. The zero-order valence-corrected chi connectivity index (χ0v) is 9.63. The molecule has 2 N–H and O–H groups in total. The summed E-state index contributed by atoms with van der Waals surface area (Å²) in [6.45, 7) is 5.85. The Labute approximate surface area is 90.6 Å². The summed E-state index contributed by atoms with van der Waals surface area (Å²) in [4.78, 5) is 20.4. The van der Waals surface area contributed by atoms with Crippen molar-refractivity contribution in [2.24, 2.45) is 0 Å². The maximum atomic E-state index is 11.7. The minimum absolute atomic E-state index is 0.205. The van der Waals surface area contributed by atoms with Crippen LogP contribution in [0.1, 0.15) is 20.8 Å². The van der Waals surface area contributed by atoms with Crippen molar-refractivity contribution in [2.75, 3.05) is 5.73 Å². The number of rotatable bonds is 0. The van der Waals surface area contributed by atoms with Gasteiger partial charge in [-0.05, 0) is 20.8 Å². The van der Waals surface area contributed by atoms with E-state index in [4.69, 9.17) is 5.73 Å². The van der Waals surface area contributed by atoms with E-state index >= 15 is 0 Å². The van der Waals surface area contributed by atoms with Crippen LogP contribution in [0, 0.1) is 0 Å². The molecule has 15 heavy (non-hydrogen) atoms. The van der Waals surface area contributed by atoms with Crippen molar-refractivity contribution in [1.29, 1.82) is 0 Å². The number of nitrogens with two attached hydrogens (primary N) is 1. The molecule has 2 heterocycles. The van der Waals surface area contributed by atoms with Gasteiger partial charge in [-0.2, -0.15) is 4.98 Å². The summed E-state index contributed by atoms with van der Waals surface area (Å²) < 4.78 is 1.62. The van der Waals surface area contributed by atoms with E-state index in [0.717, 1.165) is 4.83 Å². The first-order valence-corrected chi connectivity index (χ1v) is 5.41. The molecular formula is C9H12N4OS. The van der Waals surface area contributed by atoms with E-state index in [1.165, 1.54) is 11.3 Å². The maximum Gasteiger partial charge on any atom is 0.351 e. The van der Waals surface area contributed by atoms with Gasteiger partial charge in [0.1, 0.15) is 10.3 Å². The minimum atomic E-state index is -0.322. The second kappa shape index (κ2) is 3.03. The predicted octanol–water partition coefficient (Wildman–Crippen LogP) is 1.19. The Morgan fingerprint density at radius 1 is 1.47 bits per heavy atom. The smallest absolute Gasteiger partial charge is 0.351 e. The molecule has 0 unspecified atom stereocenters. The summed E-state index contributed by atoms with van der Waals surface area (Å²) in [7, 11) is 0. The second-order valence-electron chi connectivity index (χ2n) is 4.29. The Morgan fingerprint density at radius 3 is 2.73 bits per heavy atom. The first-order valence-electron chi connectivity index (χ1n) is 4.53. The molecule has 6 heteroatoms. The number of nitrogens with zero attached hydrogens (tertiary/aromatic N) is 3. The molecule has 0 fully saturated rings. The normalized spacial score (nSPS) is 12.2. The van der Waals surface area contributed by atoms with Gasteiger partial charge in [-0.15, -0.1) is 11.3 Å². The molecule has 80 valence electrons. The number of hydrogen-bond donors (Lipinski definition) is 1. The van der Waals surface area contributed by atoms with Gasteiger partial charge < -0.3 is 5.73 Å². The number of hydrogen-bond acceptors (Lipinski definition) is 5. The van der Waals surface area contributed by atoms with Crippen molar-refractivity contribution in [1.82, 2.24) is 14.5 Å². The first-order chi connectivity index (χ1) is 6.91. The molecule has 0 amide bonds. The summed E-state index contributed by atoms with van der Waals surface area (Å²) in [5.74, 6) is 0.205. The Morgan fingerprint density at radius 2 is 2.13 bits per heavy atom. The van der Waals surface area contributed by atoms with Gasteiger partial charge in [0.05, 0.1) is 5.51 Å². The monoisotopic (exact) mass is 224 g/mol. The molecule has 0 spiro atoms. The molecular weight excluding hydrogens is 212 g/mol. The Hall–Kier alpha value is -1.43. The number of nitrogen functional groups attached to an aromatic ring is 1. The topological polar surface area (TPSA) is 73.8 Å². The third-order valence-corrected chi connectivity index (χ3v) is 2.88. The minimum Gasteiger partial charge on any atom is -0.382 e. The molecule has 2 aromatic rings. The van der Waals surface area contributed by atoms with Gasteiger partial charge in [0.15, 0.2) is 5.82 Å². The van der Waals surface area contributed by atoms with E-state index in [0.29, 0.717) is 5.52 Å². The van der Waals surface area contributed by atoms with Crippen molar-refractivity contribution in [3.05, 3.63) is 16.0 Å². The summed E-state index contributed by atoms with van der Waals surface area (Å²) in [6.07, 6.45) is 0. The zero-order chi connectivity index (χ0) is 11.2. The van der Waals surface area contributed by atoms with Gasteiger partial charge in [-0.1, -0.05) is 0 Å².